The van der Waals surface area contributed by atoms with E-state index >= 15 is 0 Å². The maximum atomic E-state index is 13.4. The van der Waals surface area contributed by atoms with E-state index in [1.165, 1.54) is 34.4 Å². The standard InChI is InChI=1S/C22H17FN4O4S/c23-13-5-8-15-19(10-13)32-22(25-15)24-14-6-3-12(4-7-14)16-11-18(31-26-16)20(28)27-9-1-2-17(27)21(29)30/h3-8,10-11,17H,1-2,9H2,(H,24,25)(H,29,30). The molecule has 1 atom stereocenters. The summed E-state index contributed by atoms with van der Waals surface area (Å²) < 4.78 is 19.3. The topological polar surface area (TPSA) is 109 Å². The second-order valence-corrected chi connectivity index (χ2v) is 8.44. The third-order valence-corrected chi connectivity index (χ3v) is 6.24. The number of carbonyl (C=O) groups is 2. The fourth-order valence-electron chi connectivity index (χ4n) is 3.72. The lowest BCUT2D eigenvalue weighted by Gasteiger charge is -2.19. The summed E-state index contributed by atoms with van der Waals surface area (Å²) in [5.41, 5.74) is 2.72. The fourth-order valence-corrected chi connectivity index (χ4v) is 4.63. The molecule has 2 aromatic heterocycles. The molecule has 1 aliphatic heterocycles. The predicted molar refractivity (Wildman–Crippen MR) is 116 cm³/mol. The van der Waals surface area contributed by atoms with Gasteiger partial charge in [-0.15, -0.1) is 0 Å². The Morgan fingerprint density at radius 3 is 2.78 bits per heavy atom. The predicted octanol–water partition coefficient (Wildman–Crippen LogP) is 4.52. The molecule has 0 aliphatic carbocycles. The van der Waals surface area contributed by atoms with Crippen LogP contribution < -0.4 is 5.32 Å². The van der Waals surface area contributed by atoms with Crippen LogP contribution in [0.25, 0.3) is 21.5 Å². The van der Waals surface area contributed by atoms with E-state index in [1.54, 1.807) is 6.07 Å². The van der Waals surface area contributed by atoms with E-state index in [1.807, 2.05) is 24.3 Å². The number of benzene rings is 2. The second kappa shape index (κ2) is 8.04. The lowest BCUT2D eigenvalue weighted by molar-refractivity contribution is -0.141. The minimum absolute atomic E-state index is 0.0112. The Morgan fingerprint density at radius 1 is 1.19 bits per heavy atom. The molecule has 0 radical (unpaired) electrons. The van der Waals surface area contributed by atoms with Crippen LogP contribution in [0.3, 0.4) is 0 Å². The monoisotopic (exact) mass is 452 g/mol. The zero-order valence-corrected chi connectivity index (χ0v) is 17.4. The Morgan fingerprint density at radius 2 is 2.00 bits per heavy atom. The van der Waals surface area contributed by atoms with Gasteiger partial charge in [-0.2, -0.15) is 0 Å². The van der Waals surface area contributed by atoms with Crippen molar-refractivity contribution in [2.45, 2.75) is 18.9 Å². The number of aliphatic carboxylic acids is 1. The molecule has 3 heterocycles. The summed E-state index contributed by atoms with van der Waals surface area (Å²) in [5.74, 6) is -1.78. The molecule has 0 bridgehead atoms. The molecule has 1 amide bonds. The van der Waals surface area contributed by atoms with Crippen molar-refractivity contribution in [3.8, 4) is 11.3 Å². The van der Waals surface area contributed by atoms with Gasteiger partial charge in [0.15, 0.2) is 5.13 Å². The van der Waals surface area contributed by atoms with Crippen molar-refractivity contribution in [2.24, 2.45) is 0 Å². The molecule has 0 saturated carbocycles. The largest absolute Gasteiger partial charge is 0.480 e. The average Bonchev–Trinajstić information content (AvgIpc) is 3.52. The van der Waals surface area contributed by atoms with Crippen LogP contribution in [0.2, 0.25) is 0 Å². The Labute approximate surface area is 185 Å². The molecule has 2 N–H and O–H groups in total. The van der Waals surface area contributed by atoms with Crippen LogP contribution in [-0.4, -0.2) is 44.6 Å². The molecule has 8 nitrogen and oxygen atoms in total. The van der Waals surface area contributed by atoms with Gasteiger partial charge in [0, 0.05) is 23.9 Å². The fraction of sp³-hybridized carbons (Fsp3) is 0.182. The van der Waals surface area contributed by atoms with Gasteiger partial charge in [0.05, 0.1) is 10.2 Å². The van der Waals surface area contributed by atoms with E-state index in [0.29, 0.717) is 30.2 Å². The first-order valence-corrected chi connectivity index (χ1v) is 10.7. The number of rotatable bonds is 5. The normalized spacial score (nSPS) is 15.9. The number of carboxylic acids is 1. The first-order chi connectivity index (χ1) is 15.5. The first kappa shape index (κ1) is 20.1. The van der Waals surface area contributed by atoms with E-state index in [4.69, 9.17) is 4.52 Å². The molecule has 0 spiro atoms. The van der Waals surface area contributed by atoms with Gasteiger partial charge in [0.1, 0.15) is 17.6 Å². The van der Waals surface area contributed by atoms with Crippen molar-refractivity contribution in [2.75, 3.05) is 11.9 Å². The zero-order valence-electron chi connectivity index (χ0n) is 16.6. The molecule has 162 valence electrons. The van der Waals surface area contributed by atoms with E-state index < -0.39 is 17.9 Å². The number of hydrogen-bond acceptors (Lipinski definition) is 7. The van der Waals surface area contributed by atoms with Crippen LogP contribution in [0.5, 0.6) is 0 Å². The Balaban J connectivity index is 1.30. The highest BCUT2D eigenvalue weighted by molar-refractivity contribution is 7.22. The minimum atomic E-state index is -1.02. The third kappa shape index (κ3) is 3.80. The van der Waals surface area contributed by atoms with Crippen LogP contribution in [0, 0.1) is 5.82 Å². The summed E-state index contributed by atoms with van der Waals surface area (Å²) >= 11 is 1.35. The van der Waals surface area contributed by atoms with Crippen LogP contribution in [0.15, 0.2) is 53.1 Å². The van der Waals surface area contributed by atoms with Gasteiger partial charge in [-0.05, 0) is 43.2 Å². The van der Waals surface area contributed by atoms with Crippen molar-refractivity contribution >= 4 is 44.2 Å². The second-order valence-electron chi connectivity index (χ2n) is 7.40. The van der Waals surface area contributed by atoms with E-state index in [9.17, 15) is 19.1 Å². The van der Waals surface area contributed by atoms with E-state index in [2.05, 4.69) is 15.5 Å². The molecular weight excluding hydrogens is 435 g/mol. The van der Waals surface area contributed by atoms with Gasteiger partial charge in [0.25, 0.3) is 5.91 Å². The van der Waals surface area contributed by atoms with Crippen LogP contribution >= 0.6 is 11.3 Å². The van der Waals surface area contributed by atoms with Gasteiger partial charge in [0.2, 0.25) is 5.76 Å². The quantitative estimate of drug-likeness (QED) is 0.458. The molecule has 5 rings (SSSR count). The Kier molecular flexibility index (Phi) is 5.06. The molecule has 1 unspecified atom stereocenters. The van der Waals surface area contributed by atoms with Crippen molar-refractivity contribution in [1.82, 2.24) is 15.0 Å². The maximum absolute atomic E-state index is 13.4. The number of amides is 1. The number of thiazole rings is 1. The van der Waals surface area contributed by atoms with Crippen LogP contribution in [-0.2, 0) is 4.79 Å². The van der Waals surface area contributed by atoms with E-state index in [0.717, 1.165) is 21.5 Å². The van der Waals surface area contributed by atoms with Crippen LogP contribution in [0.1, 0.15) is 23.4 Å². The number of nitrogens with zero attached hydrogens (tertiary/aromatic N) is 3. The number of nitrogens with one attached hydrogen (secondary N) is 1. The molecule has 1 saturated heterocycles. The molecule has 4 aromatic rings. The van der Waals surface area contributed by atoms with Gasteiger partial charge in [-0.25, -0.2) is 14.2 Å². The SMILES string of the molecule is O=C(O)C1CCCN1C(=O)c1cc(-c2ccc(Nc3nc4ccc(F)cc4s3)cc2)no1. The molecule has 1 fully saturated rings. The number of anilines is 2. The van der Waals surface area contributed by atoms with Crippen molar-refractivity contribution in [1.29, 1.82) is 0 Å². The summed E-state index contributed by atoms with van der Waals surface area (Å²) in [7, 11) is 0. The van der Waals surface area contributed by atoms with E-state index in [-0.39, 0.29) is 11.6 Å². The highest BCUT2D eigenvalue weighted by atomic mass is 32.1. The van der Waals surface area contributed by atoms with Crippen molar-refractivity contribution in [3.63, 3.8) is 0 Å². The third-order valence-electron chi connectivity index (χ3n) is 5.30. The van der Waals surface area contributed by atoms with Gasteiger partial charge < -0.3 is 19.8 Å². The molecular formula is C22H17FN4O4S. The number of carbonyl (C=O) groups excluding carboxylic acids is 1. The molecule has 1 aliphatic rings. The number of aromatic nitrogens is 2. The Hall–Kier alpha value is -3.79. The first-order valence-electron chi connectivity index (χ1n) is 9.92. The highest BCUT2D eigenvalue weighted by Gasteiger charge is 2.36. The number of hydrogen-bond donors (Lipinski definition) is 2. The smallest absolute Gasteiger partial charge is 0.326 e. The van der Waals surface area contributed by atoms with Gasteiger partial charge in [-0.1, -0.05) is 28.6 Å². The number of halogens is 1. The maximum Gasteiger partial charge on any atom is 0.326 e. The summed E-state index contributed by atoms with van der Waals surface area (Å²) in [6, 6.07) is 12.5. The number of carboxylic acid groups (broad SMARTS) is 1. The molecule has 2 aromatic carbocycles. The summed E-state index contributed by atoms with van der Waals surface area (Å²) in [4.78, 5) is 29.7. The van der Waals surface area contributed by atoms with Gasteiger partial charge in [-0.3, -0.25) is 4.79 Å². The minimum Gasteiger partial charge on any atom is -0.480 e. The molecule has 10 heteroatoms. The lowest BCUT2D eigenvalue weighted by atomic mass is 10.1. The lowest BCUT2D eigenvalue weighted by Crippen LogP contribution is -2.40. The Bertz CT molecular complexity index is 1320. The summed E-state index contributed by atoms with van der Waals surface area (Å²) in [5, 5.41) is 17.1. The van der Waals surface area contributed by atoms with Crippen molar-refractivity contribution < 1.29 is 23.6 Å². The average molecular weight is 452 g/mol. The van der Waals surface area contributed by atoms with Crippen molar-refractivity contribution in [3.05, 3.63) is 60.1 Å². The summed E-state index contributed by atoms with van der Waals surface area (Å²) in [6.07, 6.45) is 1.07. The zero-order chi connectivity index (χ0) is 22.2. The van der Waals surface area contributed by atoms with Gasteiger partial charge >= 0.3 is 5.97 Å². The number of fused-ring (bicyclic) bond motifs is 1. The number of likely N-dealkylation sites (tertiary alicyclic amines) is 1. The summed E-state index contributed by atoms with van der Waals surface area (Å²) in [6.45, 7) is 0.380. The molecule has 32 heavy (non-hydrogen) atoms. The van der Waals surface area contributed by atoms with Crippen LogP contribution in [0.4, 0.5) is 15.2 Å². The highest BCUT2D eigenvalue weighted by Crippen LogP contribution is 2.30.